The molecule has 0 radical (unpaired) electrons. The monoisotopic (exact) mass is 252 g/mol. The summed E-state index contributed by atoms with van der Waals surface area (Å²) in [5.74, 6) is 1.08. The Morgan fingerprint density at radius 1 is 1.29 bits per heavy atom. The summed E-state index contributed by atoms with van der Waals surface area (Å²) >= 11 is 4.90. The summed E-state index contributed by atoms with van der Waals surface area (Å²) in [6.45, 7) is 0. The number of benzene rings is 1. The fourth-order valence-corrected chi connectivity index (χ4v) is 1.92. The van der Waals surface area contributed by atoms with Gasteiger partial charge in [0.25, 0.3) is 5.91 Å². The zero-order chi connectivity index (χ0) is 12.4. The fourth-order valence-electron chi connectivity index (χ4n) is 1.70. The van der Waals surface area contributed by atoms with Crippen LogP contribution >= 0.6 is 12.2 Å². The lowest BCUT2D eigenvalue weighted by Crippen LogP contribution is -2.21. The van der Waals surface area contributed by atoms with Gasteiger partial charge in [0.2, 0.25) is 0 Å². The summed E-state index contributed by atoms with van der Waals surface area (Å²) < 4.78 is 10.4. The number of thiocarbonyl (C=S) groups is 1. The van der Waals surface area contributed by atoms with E-state index < -0.39 is 6.04 Å². The highest BCUT2D eigenvalue weighted by atomic mass is 32.1. The van der Waals surface area contributed by atoms with Gasteiger partial charge in [-0.05, 0) is 30.4 Å². The third kappa shape index (κ3) is 2.16. The first-order chi connectivity index (χ1) is 8.15. The van der Waals surface area contributed by atoms with E-state index in [4.69, 9.17) is 21.7 Å². The van der Waals surface area contributed by atoms with Gasteiger partial charge in [0.15, 0.2) is 5.11 Å². The fraction of sp³-hybridized carbons (Fsp3) is 0.273. The molecule has 0 saturated carbocycles. The van der Waals surface area contributed by atoms with Gasteiger partial charge in [-0.2, -0.15) is 0 Å². The number of ether oxygens (including phenoxy) is 2. The number of carbonyl (C=O) groups is 1. The molecular weight excluding hydrogens is 240 g/mol. The lowest BCUT2D eigenvalue weighted by atomic mass is 10.1. The molecule has 1 saturated heterocycles. The number of methoxy groups -OCH3 is 2. The van der Waals surface area contributed by atoms with Crippen molar-refractivity contribution in [3.63, 3.8) is 0 Å². The highest BCUT2D eigenvalue weighted by Crippen LogP contribution is 2.30. The number of hydrogen-bond acceptors (Lipinski definition) is 4. The molecule has 1 heterocycles. The molecule has 1 amide bonds. The maximum atomic E-state index is 11.7. The molecule has 1 aromatic carbocycles. The quantitative estimate of drug-likeness (QED) is 0.777. The van der Waals surface area contributed by atoms with Crippen LogP contribution in [0.15, 0.2) is 18.2 Å². The molecule has 0 bridgehead atoms. The summed E-state index contributed by atoms with van der Waals surface area (Å²) in [5, 5.41) is 5.74. The van der Waals surface area contributed by atoms with Gasteiger partial charge in [0.1, 0.15) is 17.5 Å². The minimum atomic E-state index is -0.535. The van der Waals surface area contributed by atoms with Gasteiger partial charge in [-0.1, -0.05) is 0 Å². The van der Waals surface area contributed by atoms with E-state index in [1.807, 2.05) is 0 Å². The van der Waals surface area contributed by atoms with Gasteiger partial charge >= 0.3 is 0 Å². The van der Waals surface area contributed by atoms with Crippen molar-refractivity contribution < 1.29 is 14.3 Å². The molecule has 0 spiro atoms. The van der Waals surface area contributed by atoms with Crippen molar-refractivity contribution in [2.24, 2.45) is 0 Å². The molecular formula is C11H12N2O3S. The molecule has 1 atom stereocenters. The molecule has 0 aliphatic carbocycles. The Bertz CT molecular complexity index is 476. The van der Waals surface area contributed by atoms with E-state index >= 15 is 0 Å². The van der Waals surface area contributed by atoms with Gasteiger partial charge < -0.3 is 20.1 Å². The first kappa shape index (κ1) is 11.7. The smallest absolute Gasteiger partial charge is 0.253 e. The molecule has 1 aromatic rings. The van der Waals surface area contributed by atoms with Crippen molar-refractivity contribution in [2.75, 3.05) is 14.2 Å². The van der Waals surface area contributed by atoms with Gasteiger partial charge in [-0.15, -0.1) is 0 Å². The number of nitrogens with one attached hydrogen (secondary N) is 2. The molecule has 5 nitrogen and oxygen atoms in total. The highest BCUT2D eigenvalue weighted by molar-refractivity contribution is 7.80. The normalized spacial score (nSPS) is 18.6. The van der Waals surface area contributed by atoms with Crippen molar-refractivity contribution in [2.45, 2.75) is 6.04 Å². The number of carbonyl (C=O) groups excluding carboxylic acids is 1. The molecule has 1 unspecified atom stereocenters. The van der Waals surface area contributed by atoms with Gasteiger partial charge in [0.05, 0.1) is 14.2 Å². The Hall–Kier alpha value is -1.82. The van der Waals surface area contributed by atoms with Crippen molar-refractivity contribution >= 4 is 23.2 Å². The van der Waals surface area contributed by atoms with Crippen LogP contribution < -0.4 is 20.1 Å². The van der Waals surface area contributed by atoms with Crippen molar-refractivity contribution in [3.05, 3.63) is 23.8 Å². The Morgan fingerprint density at radius 3 is 2.59 bits per heavy atom. The minimum absolute atomic E-state index is 0.193. The topological polar surface area (TPSA) is 59.6 Å². The van der Waals surface area contributed by atoms with E-state index in [0.717, 1.165) is 0 Å². The summed E-state index contributed by atoms with van der Waals surface area (Å²) in [4.78, 5) is 11.7. The maximum absolute atomic E-state index is 11.7. The molecule has 1 aliphatic heterocycles. The van der Waals surface area contributed by atoms with E-state index in [2.05, 4.69) is 10.6 Å². The standard InChI is InChI=1S/C11H12N2O3S/c1-15-6-3-4-8(16-2)7(5-6)9-10(14)13-11(17)12-9/h3-5,9H,1-2H3,(H2,12,13,14,17). The molecule has 90 valence electrons. The van der Waals surface area contributed by atoms with Crippen LogP contribution in [0.1, 0.15) is 11.6 Å². The van der Waals surface area contributed by atoms with Crippen LogP contribution in [-0.4, -0.2) is 25.2 Å². The highest BCUT2D eigenvalue weighted by Gasteiger charge is 2.31. The summed E-state index contributed by atoms with van der Waals surface area (Å²) in [6, 6.07) is 4.75. The first-order valence-electron chi connectivity index (χ1n) is 4.99. The molecule has 1 aliphatic rings. The largest absolute Gasteiger partial charge is 0.497 e. The predicted molar refractivity (Wildman–Crippen MR) is 66.2 cm³/mol. The van der Waals surface area contributed by atoms with Crippen LogP contribution in [0.25, 0.3) is 0 Å². The first-order valence-corrected chi connectivity index (χ1v) is 5.40. The van der Waals surface area contributed by atoms with Crippen LogP contribution in [0.5, 0.6) is 11.5 Å². The van der Waals surface area contributed by atoms with E-state index in [9.17, 15) is 4.79 Å². The van der Waals surface area contributed by atoms with Crippen LogP contribution in [0.3, 0.4) is 0 Å². The van der Waals surface area contributed by atoms with Crippen molar-refractivity contribution in [1.29, 1.82) is 0 Å². The molecule has 17 heavy (non-hydrogen) atoms. The zero-order valence-electron chi connectivity index (χ0n) is 9.44. The van der Waals surface area contributed by atoms with Crippen molar-refractivity contribution in [3.8, 4) is 11.5 Å². The zero-order valence-corrected chi connectivity index (χ0v) is 10.3. The van der Waals surface area contributed by atoms with Gasteiger partial charge in [-0.3, -0.25) is 4.79 Å². The second-order valence-corrected chi connectivity index (χ2v) is 3.91. The molecule has 2 rings (SSSR count). The molecule has 0 aromatic heterocycles. The lowest BCUT2D eigenvalue weighted by Gasteiger charge is -2.14. The maximum Gasteiger partial charge on any atom is 0.253 e. The lowest BCUT2D eigenvalue weighted by molar-refractivity contribution is -0.120. The third-order valence-corrected chi connectivity index (χ3v) is 2.74. The molecule has 1 fully saturated rings. The Labute approximate surface area is 104 Å². The van der Waals surface area contributed by atoms with E-state index in [-0.39, 0.29) is 5.91 Å². The van der Waals surface area contributed by atoms with E-state index in [1.165, 1.54) is 0 Å². The Balaban J connectivity index is 2.42. The number of amides is 1. The second-order valence-electron chi connectivity index (χ2n) is 3.50. The average molecular weight is 252 g/mol. The van der Waals surface area contributed by atoms with Crippen LogP contribution in [0, 0.1) is 0 Å². The van der Waals surface area contributed by atoms with Crippen LogP contribution in [0.2, 0.25) is 0 Å². The second kappa shape index (κ2) is 4.58. The predicted octanol–water partition coefficient (Wildman–Crippen LogP) is 0.749. The Morgan fingerprint density at radius 2 is 2.06 bits per heavy atom. The SMILES string of the molecule is COc1ccc(OC)c(C2NC(=S)NC2=O)c1. The number of hydrogen-bond donors (Lipinski definition) is 2. The molecule has 6 heteroatoms. The summed E-state index contributed by atoms with van der Waals surface area (Å²) in [7, 11) is 3.12. The Kier molecular flexibility index (Phi) is 3.14. The minimum Gasteiger partial charge on any atom is -0.497 e. The molecule has 2 N–H and O–H groups in total. The van der Waals surface area contributed by atoms with E-state index in [0.29, 0.717) is 22.2 Å². The van der Waals surface area contributed by atoms with Gasteiger partial charge in [-0.25, -0.2) is 0 Å². The van der Waals surface area contributed by atoms with E-state index in [1.54, 1.807) is 32.4 Å². The summed E-state index contributed by atoms with van der Waals surface area (Å²) in [6.07, 6.45) is 0. The van der Waals surface area contributed by atoms with Crippen molar-refractivity contribution in [1.82, 2.24) is 10.6 Å². The van der Waals surface area contributed by atoms with Crippen LogP contribution in [0.4, 0.5) is 0 Å². The number of rotatable bonds is 3. The van der Waals surface area contributed by atoms with Gasteiger partial charge in [0, 0.05) is 5.56 Å². The van der Waals surface area contributed by atoms with Crippen LogP contribution in [-0.2, 0) is 4.79 Å². The summed E-state index contributed by atoms with van der Waals surface area (Å²) in [5.41, 5.74) is 0.698. The third-order valence-electron chi connectivity index (χ3n) is 2.52. The average Bonchev–Trinajstić information content (AvgIpc) is 2.67.